The van der Waals surface area contributed by atoms with Gasteiger partial charge in [-0.1, -0.05) is 65.1 Å². The van der Waals surface area contributed by atoms with Gasteiger partial charge in [-0.15, -0.1) is 0 Å². The predicted molar refractivity (Wildman–Crippen MR) is 96.5 cm³/mol. The zero-order chi connectivity index (χ0) is 17.5. The molecule has 2 aromatic carbocycles. The van der Waals surface area contributed by atoms with Crippen LogP contribution in [0.3, 0.4) is 0 Å². The number of esters is 1. The van der Waals surface area contributed by atoms with Gasteiger partial charge in [0.2, 0.25) is 0 Å². The molecule has 2 rings (SSSR count). The summed E-state index contributed by atoms with van der Waals surface area (Å²) in [5.41, 5.74) is 1.06. The summed E-state index contributed by atoms with van der Waals surface area (Å²) in [6.07, 6.45) is 2.83. The van der Waals surface area contributed by atoms with Crippen LogP contribution in [-0.2, 0) is 14.3 Å². The maximum atomic E-state index is 11.8. The summed E-state index contributed by atoms with van der Waals surface area (Å²) in [5, 5.41) is 3.20. The fourth-order valence-corrected chi connectivity index (χ4v) is 2.66. The average molecular weight is 385 g/mol. The van der Waals surface area contributed by atoms with Gasteiger partial charge in [0.25, 0.3) is 5.91 Å². The Bertz CT molecular complexity index is 753. The Morgan fingerprint density at radius 1 is 1.04 bits per heavy atom. The lowest BCUT2D eigenvalue weighted by Crippen LogP contribution is -2.20. The minimum absolute atomic E-state index is 0.191. The lowest BCUT2D eigenvalue weighted by Gasteiger charge is -2.09. The molecule has 0 spiro atoms. The molecule has 0 saturated heterocycles. The Hall–Kier alpha value is -2.01. The van der Waals surface area contributed by atoms with Crippen LogP contribution in [0.4, 0.5) is 5.69 Å². The molecule has 0 heterocycles. The second kappa shape index (κ2) is 8.73. The van der Waals surface area contributed by atoms with Crippen LogP contribution in [0.25, 0.3) is 6.08 Å². The van der Waals surface area contributed by atoms with Gasteiger partial charge >= 0.3 is 5.97 Å². The van der Waals surface area contributed by atoms with E-state index < -0.39 is 18.5 Å². The molecule has 24 heavy (non-hydrogen) atoms. The normalized spacial score (nSPS) is 10.6. The Balaban J connectivity index is 1.87. The SMILES string of the molecule is O=C(COC(=O)/C=C/c1ccccc1)Nc1c(Cl)cc(Cl)cc1Cl. The highest BCUT2D eigenvalue weighted by Crippen LogP contribution is 2.33. The first-order valence-electron chi connectivity index (χ1n) is 6.80. The fourth-order valence-electron chi connectivity index (χ4n) is 1.75. The van der Waals surface area contributed by atoms with Crippen molar-refractivity contribution in [1.29, 1.82) is 0 Å². The van der Waals surface area contributed by atoms with Crippen LogP contribution in [0.15, 0.2) is 48.5 Å². The average Bonchev–Trinajstić information content (AvgIpc) is 2.55. The molecular formula is C17H12Cl3NO3. The smallest absolute Gasteiger partial charge is 0.331 e. The maximum Gasteiger partial charge on any atom is 0.331 e. The number of benzene rings is 2. The second-order valence-corrected chi connectivity index (χ2v) is 5.90. The van der Waals surface area contributed by atoms with Gasteiger partial charge in [0.05, 0.1) is 15.7 Å². The Kier molecular flexibility index (Phi) is 6.67. The fraction of sp³-hybridized carbons (Fsp3) is 0.0588. The molecule has 7 heteroatoms. The number of hydrogen-bond acceptors (Lipinski definition) is 3. The second-order valence-electron chi connectivity index (χ2n) is 4.64. The molecule has 2 aromatic rings. The minimum Gasteiger partial charge on any atom is -0.452 e. The summed E-state index contributed by atoms with van der Waals surface area (Å²) in [6.45, 7) is -0.465. The van der Waals surface area contributed by atoms with Crippen molar-refractivity contribution in [2.45, 2.75) is 0 Å². The van der Waals surface area contributed by atoms with Crippen molar-refractivity contribution in [2.24, 2.45) is 0 Å². The van der Waals surface area contributed by atoms with Crippen molar-refractivity contribution < 1.29 is 14.3 Å². The molecular weight excluding hydrogens is 373 g/mol. The van der Waals surface area contributed by atoms with E-state index in [0.717, 1.165) is 5.56 Å². The zero-order valence-corrected chi connectivity index (χ0v) is 14.5. The van der Waals surface area contributed by atoms with E-state index in [0.29, 0.717) is 5.02 Å². The van der Waals surface area contributed by atoms with Gasteiger partial charge in [-0.25, -0.2) is 4.79 Å². The van der Waals surface area contributed by atoms with Gasteiger partial charge < -0.3 is 10.1 Å². The standard InChI is InChI=1S/C17H12Cl3NO3/c18-12-8-13(19)17(14(20)9-12)21-15(22)10-24-16(23)7-6-11-4-2-1-3-5-11/h1-9H,10H2,(H,21,22)/b7-6+. The summed E-state index contributed by atoms with van der Waals surface area (Å²) >= 11 is 17.7. The Morgan fingerprint density at radius 3 is 2.29 bits per heavy atom. The van der Waals surface area contributed by atoms with Gasteiger partial charge in [-0.2, -0.15) is 0 Å². The highest BCUT2D eigenvalue weighted by Gasteiger charge is 2.12. The summed E-state index contributed by atoms with van der Waals surface area (Å²) in [5.74, 6) is -1.20. The quantitative estimate of drug-likeness (QED) is 0.592. The van der Waals surface area contributed by atoms with E-state index in [9.17, 15) is 9.59 Å². The van der Waals surface area contributed by atoms with E-state index in [1.54, 1.807) is 6.08 Å². The third kappa shape index (κ3) is 5.57. The van der Waals surface area contributed by atoms with Crippen molar-refractivity contribution in [3.63, 3.8) is 0 Å². The maximum absolute atomic E-state index is 11.8. The number of halogens is 3. The van der Waals surface area contributed by atoms with Gasteiger partial charge in [0.15, 0.2) is 6.61 Å². The third-order valence-corrected chi connectivity index (χ3v) is 3.64. The molecule has 1 N–H and O–H groups in total. The highest BCUT2D eigenvalue weighted by atomic mass is 35.5. The monoisotopic (exact) mass is 383 g/mol. The summed E-state index contributed by atoms with van der Waals surface area (Å²) < 4.78 is 4.85. The first-order chi connectivity index (χ1) is 11.5. The van der Waals surface area contributed by atoms with Crippen LogP contribution in [0, 0.1) is 0 Å². The molecule has 4 nitrogen and oxygen atoms in total. The summed E-state index contributed by atoms with van der Waals surface area (Å²) in [7, 11) is 0. The summed E-state index contributed by atoms with van der Waals surface area (Å²) in [6, 6.07) is 12.1. The molecule has 1 amide bonds. The van der Waals surface area contributed by atoms with Crippen molar-refractivity contribution in [2.75, 3.05) is 11.9 Å². The molecule has 0 aliphatic carbocycles. The largest absolute Gasteiger partial charge is 0.452 e. The molecule has 0 bridgehead atoms. The number of ether oxygens (including phenoxy) is 1. The van der Waals surface area contributed by atoms with Crippen LogP contribution in [-0.4, -0.2) is 18.5 Å². The lowest BCUT2D eigenvalue weighted by atomic mass is 10.2. The summed E-state index contributed by atoms with van der Waals surface area (Å²) in [4.78, 5) is 23.4. The molecule has 0 atom stereocenters. The number of amides is 1. The van der Waals surface area contributed by atoms with Crippen molar-refractivity contribution in [3.05, 3.63) is 69.2 Å². The van der Waals surface area contributed by atoms with Crippen LogP contribution in [0.5, 0.6) is 0 Å². The highest BCUT2D eigenvalue weighted by molar-refractivity contribution is 6.42. The van der Waals surface area contributed by atoms with Crippen molar-refractivity contribution in [1.82, 2.24) is 0 Å². The molecule has 124 valence electrons. The van der Waals surface area contributed by atoms with E-state index in [1.165, 1.54) is 18.2 Å². The Morgan fingerprint density at radius 2 is 1.67 bits per heavy atom. The van der Waals surface area contributed by atoms with Crippen LogP contribution in [0.2, 0.25) is 15.1 Å². The van der Waals surface area contributed by atoms with Gasteiger partial charge in [-0.05, 0) is 23.8 Å². The van der Waals surface area contributed by atoms with Crippen LogP contribution in [0.1, 0.15) is 5.56 Å². The molecule has 0 aliphatic heterocycles. The van der Waals surface area contributed by atoms with E-state index in [4.69, 9.17) is 39.5 Å². The van der Waals surface area contributed by atoms with E-state index in [-0.39, 0.29) is 15.7 Å². The van der Waals surface area contributed by atoms with Crippen molar-refractivity contribution >= 4 is 58.4 Å². The van der Waals surface area contributed by atoms with Crippen LogP contribution >= 0.6 is 34.8 Å². The molecule has 0 fully saturated rings. The molecule has 0 aliphatic rings. The van der Waals surface area contributed by atoms with Crippen molar-refractivity contribution in [3.8, 4) is 0 Å². The number of carbonyl (C=O) groups is 2. The van der Waals surface area contributed by atoms with Gasteiger partial charge in [-0.3, -0.25) is 4.79 Å². The minimum atomic E-state index is -0.637. The first kappa shape index (κ1) is 18.3. The number of nitrogens with one attached hydrogen (secondary N) is 1. The topological polar surface area (TPSA) is 55.4 Å². The molecule has 0 unspecified atom stereocenters. The third-order valence-electron chi connectivity index (χ3n) is 2.83. The lowest BCUT2D eigenvalue weighted by molar-refractivity contribution is -0.142. The van der Waals surface area contributed by atoms with Gasteiger partial charge in [0, 0.05) is 11.1 Å². The molecule has 0 radical (unpaired) electrons. The van der Waals surface area contributed by atoms with E-state index >= 15 is 0 Å². The van der Waals surface area contributed by atoms with E-state index in [1.807, 2.05) is 30.3 Å². The number of carbonyl (C=O) groups excluding carboxylic acids is 2. The molecule has 0 aromatic heterocycles. The molecule has 0 saturated carbocycles. The number of rotatable bonds is 5. The number of hydrogen-bond donors (Lipinski definition) is 1. The zero-order valence-electron chi connectivity index (χ0n) is 12.3. The number of anilines is 1. The van der Waals surface area contributed by atoms with Crippen LogP contribution < -0.4 is 5.32 Å². The van der Waals surface area contributed by atoms with E-state index in [2.05, 4.69) is 5.32 Å². The predicted octanol–water partition coefficient (Wildman–Crippen LogP) is 4.84. The Labute approximate surface area is 154 Å². The van der Waals surface area contributed by atoms with Gasteiger partial charge in [0.1, 0.15) is 0 Å². The first-order valence-corrected chi connectivity index (χ1v) is 7.93.